The van der Waals surface area contributed by atoms with Crippen LogP contribution >= 0.6 is 0 Å². The highest BCUT2D eigenvalue weighted by Gasteiger charge is 2.56. The lowest BCUT2D eigenvalue weighted by Gasteiger charge is -2.16. The van der Waals surface area contributed by atoms with Gasteiger partial charge in [-0.15, -0.1) is 0 Å². The molecule has 1 heterocycles. The molecule has 1 saturated carbocycles. The molecule has 1 fully saturated rings. The van der Waals surface area contributed by atoms with Gasteiger partial charge in [-0.05, 0) is 61.4 Å². The molecule has 1 aliphatic rings. The Balaban J connectivity index is 1.29. The Morgan fingerprint density at radius 2 is 1.58 bits per heavy atom. The van der Waals surface area contributed by atoms with E-state index in [9.17, 15) is 18.8 Å². The Labute approximate surface area is 243 Å². The van der Waals surface area contributed by atoms with Crippen molar-refractivity contribution in [3.8, 4) is 23.0 Å². The fourth-order valence-electron chi connectivity index (χ4n) is 4.30. The molecular weight excluding hydrogens is 566 g/mol. The first kappa shape index (κ1) is 29.2. The minimum absolute atomic E-state index is 0.0539. The quantitative estimate of drug-likeness (QED) is 0.109. The fraction of sp³-hybridized carbons (Fsp3) is 0.200. The molecule has 13 heteroatoms. The van der Waals surface area contributed by atoms with E-state index in [1.165, 1.54) is 61.3 Å². The summed E-state index contributed by atoms with van der Waals surface area (Å²) >= 11 is 0. The van der Waals surface area contributed by atoms with Crippen LogP contribution in [-0.2, 0) is 14.4 Å². The second-order valence-electron chi connectivity index (χ2n) is 9.71. The first-order valence-corrected chi connectivity index (χ1v) is 13.1. The molecule has 0 aliphatic heterocycles. The molecule has 0 unspecified atom stereocenters. The second kappa shape index (κ2) is 12.3. The predicted octanol–water partition coefficient (Wildman–Crippen LogP) is 4.95. The highest BCUT2D eigenvalue weighted by atomic mass is 19.1. The topological polar surface area (TPSA) is 148 Å². The van der Waals surface area contributed by atoms with Crippen molar-refractivity contribution in [1.82, 2.24) is 10.5 Å². The van der Waals surface area contributed by atoms with Crippen LogP contribution in [0.2, 0.25) is 0 Å². The number of ether oxygens (including phenoxy) is 3. The molecule has 0 radical (unpaired) electrons. The van der Waals surface area contributed by atoms with Crippen molar-refractivity contribution in [2.24, 2.45) is 5.41 Å². The van der Waals surface area contributed by atoms with Crippen LogP contribution < -0.4 is 30.3 Å². The average molecular weight is 593 g/mol. The number of methoxy groups -OCH3 is 1. The lowest BCUT2D eigenvalue weighted by atomic mass is 10.0. The minimum Gasteiger partial charge on any atom is -0.493 e. The summed E-state index contributed by atoms with van der Waals surface area (Å²) in [5, 5.41) is 14.3. The Morgan fingerprint density at radius 1 is 0.884 bits per heavy atom. The number of nitrogens with one attached hydrogen (secondary N) is 3. The average Bonchev–Trinajstić information content (AvgIpc) is 3.82. The number of hydrogen-bond donors (Lipinski definition) is 4. The molecule has 0 saturated heterocycles. The SMILES string of the molecule is COc1cc2nccc(Oc3ccc(NC(=O)C4(C(=O)Nc5ccc(F)cc5)CC4)cc3F)c2cc1OCCC(=O)NO. The summed E-state index contributed by atoms with van der Waals surface area (Å²) < 4.78 is 45.1. The van der Waals surface area contributed by atoms with E-state index in [1.807, 2.05) is 0 Å². The van der Waals surface area contributed by atoms with Gasteiger partial charge >= 0.3 is 0 Å². The molecule has 43 heavy (non-hydrogen) atoms. The number of hydroxylamine groups is 1. The van der Waals surface area contributed by atoms with Gasteiger partial charge < -0.3 is 24.8 Å². The highest BCUT2D eigenvalue weighted by Crippen LogP contribution is 2.47. The maximum atomic E-state index is 15.1. The lowest BCUT2D eigenvalue weighted by Crippen LogP contribution is -2.35. The standard InChI is InChI=1S/C30H26F2N4O7/c1-41-25-16-22-20(15-26(25)42-13-9-27(37)36-40)23(8-12-33-22)43-24-7-6-19(14-21(24)32)35-29(39)30(10-11-30)28(38)34-18-4-2-17(31)3-5-18/h2-8,12,14-16,40H,9-11,13H2,1H3,(H,34,38)(H,35,39)(H,36,37). The third kappa shape index (κ3) is 6.46. The maximum Gasteiger partial charge on any atom is 0.246 e. The molecule has 4 aromatic rings. The number of pyridine rings is 1. The molecule has 3 amide bonds. The maximum absolute atomic E-state index is 15.1. The minimum atomic E-state index is -1.31. The van der Waals surface area contributed by atoms with E-state index in [2.05, 4.69) is 15.6 Å². The molecule has 0 spiro atoms. The van der Waals surface area contributed by atoms with Crippen molar-refractivity contribution in [3.05, 3.63) is 78.5 Å². The van der Waals surface area contributed by atoms with Gasteiger partial charge in [-0.2, -0.15) is 0 Å². The van der Waals surface area contributed by atoms with Crippen molar-refractivity contribution < 1.29 is 42.6 Å². The van der Waals surface area contributed by atoms with Gasteiger partial charge in [0.2, 0.25) is 17.7 Å². The number of anilines is 2. The van der Waals surface area contributed by atoms with E-state index in [1.54, 1.807) is 12.1 Å². The first-order valence-electron chi connectivity index (χ1n) is 13.1. The van der Waals surface area contributed by atoms with Crippen LogP contribution in [0.25, 0.3) is 10.9 Å². The van der Waals surface area contributed by atoms with Crippen LogP contribution in [0.3, 0.4) is 0 Å². The number of halogens is 2. The molecule has 5 rings (SSSR count). The zero-order chi connectivity index (χ0) is 30.6. The summed E-state index contributed by atoms with van der Waals surface area (Å²) in [7, 11) is 1.44. The Bertz CT molecular complexity index is 1690. The van der Waals surface area contributed by atoms with Crippen LogP contribution in [-0.4, -0.2) is 41.6 Å². The van der Waals surface area contributed by atoms with Crippen LogP contribution in [0, 0.1) is 17.0 Å². The summed E-state index contributed by atoms with van der Waals surface area (Å²) in [6.45, 7) is -0.0539. The van der Waals surface area contributed by atoms with E-state index in [0.29, 0.717) is 35.2 Å². The van der Waals surface area contributed by atoms with Crippen LogP contribution in [0.1, 0.15) is 19.3 Å². The van der Waals surface area contributed by atoms with E-state index >= 15 is 4.39 Å². The van der Waals surface area contributed by atoms with Gasteiger partial charge in [0.15, 0.2) is 23.1 Å². The molecule has 3 aromatic carbocycles. The molecule has 4 N–H and O–H groups in total. The number of carbonyl (C=O) groups is 3. The number of amides is 3. The van der Waals surface area contributed by atoms with E-state index < -0.39 is 34.8 Å². The van der Waals surface area contributed by atoms with Gasteiger partial charge in [0.05, 0.1) is 25.7 Å². The summed E-state index contributed by atoms with van der Waals surface area (Å²) in [6, 6.07) is 13.7. The number of rotatable bonds is 11. The Kier molecular flexibility index (Phi) is 8.34. The Hall–Kier alpha value is -5.30. The lowest BCUT2D eigenvalue weighted by molar-refractivity contribution is -0.131. The summed E-state index contributed by atoms with van der Waals surface area (Å²) in [6.07, 6.45) is 2.00. The van der Waals surface area contributed by atoms with Crippen LogP contribution in [0.5, 0.6) is 23.0 Å². The van der Waals surface area contributed by atoms with Gasteiger partial charge in [0.1, 0.15) is 17.0 Å². The molecule has 1 aromatic heterocycles. The number of fused-ring (bicyclic) bond motifs is 1. The summed E-state index contributed by atoms with van der Waals surface area (Å²) in [5.41, 5.74) is 1.16. The van der Waals surface area contributed by atoms with Crippen molar-refractivity contribution in [3.63, 3.8) is 0 Å². The molecule has 0 bridgehead atoms. The molecule has 1 aliphatic carbocycles. The number of benzene rings is 3. The van der Waals surface area contributed by atoms with Gasteiger partial charge in [-0.1, -0.05) is 0 Å². The molecule has 0 atom stereocenters. The first-order chi connectivity index (χ1) is 20.7. The van der Waals surface area contributed by atoms with Crippen molar-refractivity contribution in [2.75, 3.05) is 24.4 Å². The highest BCUT2D eigenvalue weighted by molar-refractivity contribution is 6.16. The molecular formula is C30H26F2N4O7. The molecule has 222 valence electrons. The van der Waals surface area contributed by atoms with Crippen molar-refractivity contribution >= 4 is 40.0 Å². The monoisotopic (exact) mass is 592 g/mol. The van der Waals surface area contributed by atoms with Gasteiger partial charge in [-0.25, -0.2) is 14.3 Å². The van der Waals surface area contributed by atoms with Gasteiger partial charge in [0, 0.05) is 35.1 Å². The second-order valence-corrected chi connectivity index (χ2v) is 9.71. The van der Waals surface area contributed by atoms with Gasteiger partial charge in [-0.3, -0.25) is 24.6 Å². The third-order valence-corrected chi connectivity index (χ3v) is 6.83. The van der Waals surface area contributed by atoms with E-state index in [4.69, 9.17) is 19.4 Å². The summed E-state index contributed by atoms with van der Waals surface area (Å²) in [4.78, 5) is 41.4. The molecule has 11 nitrogen and oxygen atoms in total. The summed E-state index contributed by atoms with van der Waals surface area (Å²) in [5.74, 6) is -2.25. The van der Waals surface area contributed by atoms with E-state index in [-0.39, 0.29) is 36.0 Å². The largest absolute Gasteiger partial charge is 0.493 e. The van der Waals surface area contributed by atoms with Gasteiger partial charge in [0.25, 0.3) is 0 Å². The number of aromatic nitrogens is 1. The number of carbonyl (C=O) groups excluding carboxylic acids is 3. The Morgan fingerprint density at radius 3 is 2.23 bits per heavy atom. The number of hydrogen-bond acceptors (Lipinski definition) is 8. The zero-order valence-electron chi connectivity index (χ0n) is 22.8. The van der Waals surface area contributed by atoms with Crippen LogP contribution in [0.4, 0.5) is 20.2 Å². The fourth-order valence-corrected chi connectivity index (χ4v) is 4.30. The predicted molar refractivity (Wildman–Crippen MR) is 150 cm³/mol. The number of nitrogens with zero attached hydrogens (tertiary/aromatic N) is 1. The smallest absolute Gasteiger partial charge is 0.246 e. The zero-order valence-corrected chi connectivity index (χ0v) is 22.8. The normalized spacial score (nSPS) is 13.1. The van der Waals surface area contributed by atoms with Crippen molar-refractivity contribution in [1.29, 1.82) is 0 Å². The van der Waals surface area contributed by atoms with E-state index in [0.717, 1.165) is 6.07 Å². The van der Waals surface area contributed by atoms with Crippen LogP contribution in [0.15, 0.2) is 66.9 Å². The third-order valence-electron chi connectivity index (χ3n) is 6.83. The van der Waals surface area contributed by atoms with Crippen molar-refractivity contribution in [2.45, 2.75) is 19.3 Å².